The fourth-order valence-electron chi connectivity index (χ4n) is 3.08. The van der Waals surface area contributed by atoms with Gasteiger partial charge in [0.1, 0.15) is 22.7 Å². The van der Waals surface area contributed by atoms with Crippen molar-refractivity contribution in [1.29, 1.82) is 0 Å². The Bertz CT molecular complexity index is 1010. The third kappa shape index (κ3) is 3.19. The number of pyridine rings is 1. The molecule has 0 aliphatic heterocycles. The van der Waals surface area contributed by atoms with Crippen LogP contribution in [0.2, 0.25) is 0 Å². The standard InChI is InChI=1S/C19H20BrN3O3/c1-5-15-22-16-10(2)6-11(3)21-18(16)23(15)9-12-7-13(19(25)26-4)17(24)14(20)8-12/h6-8,24H,5,9H2,1-4H3. The minimum Gasteiger partial charge on any atom is -0.506 e. The van der Waals surface area contributed by atoms with Crippen LogP contribution >= 0.6 is 15.9 Å². The molecule has 0 unspecified atom stereocenters. The minimum atomic E-state index is -0.582. The maximum atomic E-state index is 11.9. The number of aromatic hydroxyl groups is 1. The van der Waals surface area contributed by atoms with Crippen molar-refractivity contribution >= 4 is 33.1 Å². The predicted octanol–water partition coefficient (Wildman–Crippen LogP) is 3.91. The van der Waals surface area contributed by atoms with E-state index < -0.39 is 5.97 Å². The van der Waals surface area contributed by atoms with Gasteiger partial charge in [0.2, 0.25) is 0 Å². The lowest BCUT2D eigenvalue weighted by Crippen LogP contribution is -2.08. The molecule has 0 aliphatic rings. The Morgan fingerprint density at radius 3 is 2.65 bits per heavy atom. The van der Waals surface area contributed by atoms with E-state index >= 15 is 0 Å². The van der Waals surface area contributed by atoms with Crippen molar-refractivity contribution in [1.82, 2.24) is 14.5 Å². The summed E-state index contributed by atoms with van der Waals surface area (Å²) in [6.45, 7) is 6.52. The summed E-state index contributed by atoms with van der Waals surface area (Å²) in [5.41, 5.74) is 4.69. The monoisotopic (exact) mass is 417 g/mol. The summed E-state index contributed by atoms with van der Waals surface area (Å²) < 4.78 is 7.25. The van der Waals surface area contributed by atoms with E-state index in [1.54, 1.807) is 12.1 Å². The van der Waals surface area contributed by atoms with Crippen LogP contribution in [0.5, 0.6) is 5.75 Å². The zero-order valence-corrected chi connectivity index (χ0v) is 16.7. The number of benzene rings is 1. The molecule has 0 saturated carbocycles. The second kappa shape index (κ2) is 7.07. The van der Waals surface area contributed by atoms with Crippen LogP contribution in [0.15, 0.2) is 22.7 Å². The first-order valence-electron chi connectivity index (χ1n) is 8.28. The van der Waals surface area contributed by atoms with Gasteiger partial charge in [0.25, 0.3) is 0 Å². The highest BCUT2D eigenvalue weighted by Crippen LogP contribution is 2.31. The summed E-state index contributed by atoms with van der Waals surface area (Å²) >= 11 is 3.31. The Labute approximate surface area is 160 Å². The summed E-state index contributed by atoms with van der Waals surface area (Å²) in [7, 11) is 1.29. The number of esters is 1. The zero-order chi connectivity index (χ0) is 19.0. The lowest BCUT2D eigenvalue weighted by molar-refractivity contribution is 0.0597. The maximum absolute atomic E-state index is 11.9. The smallest absolute Gasteiger partial charge is 0.341 e. The molecule has 0 bridgehead atoms. The molecule has 0 radical (unpaired) electrons. The lowest BCUT2D eigenvalue weighted by Gasteiger charge is -2.12. The van der Waals surface area contributed by atoms with Crippen LogP contribution in [0, 0.1) is 13.8 Å². The van der Waals surface area contributed by atoms with E-state index in [1.165, 1.54) is 7.11 Å². The average molecular weight is 418 g/mol. The molecule has 0 spiro atoms. The van der Waals surface area contributed by atoms with Crippen molar-refractivity contribution in [2.45, 2.75) is 33.7 Å². The number of halogens is 1. The predicted molar refractivity (Wildman–Crippen MR) is 103 cm³/mol. The van der Waals surface area contributed by atoms with E-state index in [0.29, 0.717) is 11.0 Å². The molecule has 0 atom stereocenters. The molecule has 0 aliphatic carbocycles. The van der Waals surface area contributed by atoms with Gasteiger partial charge in [-0.05, 0) is 59.1 Å². The summed E-state index contributed by atoms with van der Waals surface area (Å²) in [6, 6.07) is 5.45. The van der Waals surface area contributed by atoms with Crippen molar-refractivity contribution in [3.05, 3.63) is 50.9 Å². The van der Waals surface area contributed by atoms with E-state index in [-0.39, 0.29) is 11.3 Å². The Morgan fingerprint density at radius 1 is 1.27 bits per heavy atom. The SMILES string of the molecule is CCc1nc2c(C)cc(C)nc2n1Cc1cc(Br)c(O)c(C(=O)OC)c1. The van der Waals surface area contributed by atoms with Crippen molar-refractivity contribution in [3.63, 3.8) is 0 Å². The van der Waals surface area contributed by atoms with Gasteiger partial charge in [0.15, 0.2) is 5.65 Å². The molecule has 2 heterocycles. The zero-order valence-electron chi connectivity index (χ0n) is 15.1. The fourth-order valence-corrected chi connectivity index (χ4v) is 3.59. The van der Waals surface area contributed by atoms with Crippen LogP contribution in [0.4, 0.5) is 0 Å². The average Bonchev–Trinajstić information content (AvgIpc) is 2.95. The Balaban J connectivity index is 2.15. The molecule has 0 saturated heterocycles. The largest absolute Gasteiger partial charge is 0.506 e. The van der Waals surface area contributed by atoms with Crippen molar-refractivity contribution in [2.24, 2.45) is 0 Å². The molecular weight excluding hydrogens is 398 g/mol. The van der Waals surface area contributed by atoms with Gasteiger partial charge in [-0.25, -0.2) is 14.8 Å². The molecule has 136 valence electrons. The number of carbonyl (C=O) groups is 1. The number of carbonyl (C=O) groups excluding carboxylic acids is 1. The number of fused-ring (bicyclic) bond motifs is 1. The van der Waals surface area contributed by atoms with Crippen LogP contribution in [-0.4, -0.2) is 32.7 Å². The summed E-state index contributed by atoms with van der Waals surface area (Å²) in [4.78, 5) is 21.3. The van der Waals surface area contributed by atoms with Crippen LogP contribution in [-0.2, 0) is 17.7 Å². The first-order chi connectivity index (χ1) is 12.3. The van der Waals surface area contributed by atoms with Gasteiger partial charge in [-0.3, -0.25) is 0 Å². The van der Waals surface area contributed by atoms with E-state index in [4.69, 9.17) is 9.72 Å². The summed E-state index contributed by atoms with van der Waals surface area (Å²) in [6.07, 6.45) is 0.762. The molecule has 1 N–H and O–H groups in total. The van der Waals surface area contributed by atoms with Crippen LogP contribution in [0.25, 0.3) is 11.2 Å². The van der Waals surface area contributed by atoms with Gasteiger partial charge >= 0.3 is 5.97 Å². The quantitative estimate of drug-likeness (QED) is 0.650. The van der Waals surface area contributed by atoms with Gasteiger partial charge < -0.3 is 14.4 Å². The molecule has 3 rings (SSSR count). The Morgan fingerprint density at radius 2 is 2.00 bits per heavy atom. The van der Waals surface area contributed by atoms with Crippen molar-refractivity contribution in [3.8, 4) is 5.75 Å². The first kappa shape index (κ1) is 18.4. The van der Waals surface area contributed by atoms with E-state index in [9.17, 15) is 9.90 Å². The van der Waals surface area contributed by atoms with Crippen LogP contribution in [0.3, 0.4) is 0 Å². The first-order valence-corrected chi connectivity index (χ1v) is 9.08. The van der Waals surface area contributed by atoms with Crippen molar-refractivity contribution in [2.75, 3.05) is 7.11 Å². The molecule has 2 aromatic heterocycles. The molecule has 6 nitrogen and oxygen atoms in total. The number of aryl methyl sites for hydroxylation is 3. The molecule has 7 heteroatoms. The number of nitrogens with zero attached hydrogens (tertiary/aromatic N) is 3. The highest BCUT2D eigenvalue weighted by Gasteiger charge is 2.18. The van der Waals surface area contributed by atoms with Gasteiger partial charge in [0.05, 0.1) is 18.1 Å². The summed E-state index contributed by atoms with van der Waals surface area (Å²) in [5.74, 6) is 0.211. The Hall–Kier alpha value is -2.41. The maximum Gasteiger partial charge on any atom is 0.341 e. The van der Waals surface area contributed by atoms with Gasteiger partial charge in [-0.1, -0.05) is 6.92 Å². The summed E-state index contributed by atoms with van der Waals surface area (Å²) in [5, 5.41) is 10.1. The molecule has 3 aromatic rings. The Kier molecular flexibility index (Phi) is 5.00. The number of rotatable bonds is 4. The number of aromatic nitrogens is 3. The molecule has 1 aromatic carbocycles. The van der Waals surface area contributed by atoms with E-state index in [1.807, 2.05) is 26.8 Å². The highest BCUT2D eigenvalue weighted by atomic mass is 79.9. The molecule has 0 fully saturated rings. The number of phenolic OH excluding ortho intramolecular Hbond substituents is 1. The fraction of sp³-hybridized carbons (Fsp3) is 0.316. The normalized spacial score (nSPS) is 11.1. The third-order valence-corrected chi connectivity index (χ3v) is 4.89. The molecule has 0 amide bonds. The molecule has 26 heavy (non-hydrogen) atoms. The topological polar surface area (TPSA) is 77.2 Å². The van der Waals surface area contributed by atoms with Gasteiger partial charge in [0, 0.05) is 12.1 Å². The minimum absolute atomic E-state index is 0.125. The number of phenols is 1. The second-order valence-electron chi connectivity index (χ2n) is 6.19. The number of methoxy groups -OCH3 is 1. The van der Waals surface area contributed by atoms with Gasteiger partial charge in [-0.15, -0.1) is 0 Å². The van der Waals surface area contributed by atoms with E-state index in [0.717, 1.165) is 40.2 Å². The van der Waals surface area contributed by atoms with Crippen LogP contribution in [0.1, 0.15) is 39.9 Å². The molecular formula is C19H20BrN3O3. The third-order valence-electron chi connectivity index (χ3n) is 4.29. The van der Waals surface area contributed by atoms with Crippen LogP contribution < -0.4 is 0 Å². The van der Waals surface area contributed by atoms with Gasteiger partial charge in [-0.2, -0.15) is 0 Å². The van der Waals surface area contributed by atoms with E-state index in [2.05, 4.69) is 25.5 Å². The second-order valence-corrected chi connectivity index (χ2v) is 7.04. The number of hydrogen-bond acceptors (Lipinski definition) is 5. The highest BCUT2D eigenvalue weighted by molar-refractivity contribution is 9.10. The van der Waals surface area contributed by atoms with Crippen molar-refractivity contribution < 1.29 is 14.6 Å². The number of ether oxygens (including phenoxy) is 1. The number of imidazole rings is 1. The number of hydrogen-bond donors (Lipinski definition) is 1. The lowest BCUT2D eigenvalue weighted by atomic mass is 10.1.